The van der Waals surface area contributed by atoms with Crippen molar-refractivity contribution in [2.75, 3.05) is 31.9 Å². The third-order valence-corrected chi connectivity index (χ3v) is 5.05. The summed E-state index contributed by atoms with van der Waals surface area (Å²) in [6.07, 6.45) is -3.98. The van der Waals surface area contributed by atoms with Crippen molar-refractivity contribution in [2.24, 2.45) is 10.9 Å². The van der Waals surface area contributed by atoms with Gasteiger partial charge in [-0.2, -0.15) is 13.2 Å². The molecule has 3 nitrogen and oxygen atoms in total. The highest BCUT2D eigenvalue weighted by Gasteiger charge is 2.28. The second-order valence-electron chi connectivity index (χ2n) is 5.83. The molecule has 134 valence electrons. The number of halogens is 3. The topological polar surface area (TPSA) is 27.6 Å². The molecule has 0 radical (unpaired) electrons. The minimum Gasteiger partial charge on any atom is -0.357 e. The fourth-order valence-electron chi connectivity index (χ4n) is 2.61. The summed E-state index contributed by atoms with van der Waals surface area (Å²) >= 11 is 1.83. The highest BCUT2D eigenvalue weighted by atomic mass is 32.2. The summed E-state index contributed by atoms with van der Waals surface area (Å²) in [5.74, 6) is 2.15. The molecule has 1 saturated heterocycles. The van der Waals surface area contributed by atoms with Crippen molar-refractivity contribution < 1.29 is 13.2 Å². The third kappa shape index (κ3) is 6.63. The molecule has 0 saturated carbocycles. The van der Waals surface area contributed by atoms with E-state index >= 15 is 0 Å². The summed E-state index contributed by atoms with van der Waals surface area (Å²) in [6, 6.07) is 10.3. The second kappa shape index (κ2) is 9.20. The van der Waals surface area contributed by atoms with Crippen LogP contribution in [0.15, 0.2) is 40.2 Å². The van der Waals surface area contributed by atoms with Gasteiger partial charge in [0.25, 0.3) is 0 Å². The Hall–Kier alpha value is -1.37. The standard InChI is InChI=1S/C17H24F3N3S/c1-2-21-16(22-10-9-17(18,19)20)23-11-8-14(12-23)13-24-15-6-4-3-5-7-15/h3-7,14H,2,8-13H2,1H3,(H,21,22). The summed E-state index contributed by atoms with van der Waals surface area (Å²) < 4.78 is 36.9. The van der Waals surface area contributed by atoms with Crippen molar-refractivity contribution in [3.05, 3.63) is 30.3 Å². The molecule has 1 unspecified atom stereocenters. The number of hydrogen-bond acceptors (Lipinski definition) is 2. The predicted molar refractivity (Wildman–Crippen MR) is 93.5 cm³/mol. The number of benzene rings is 1. The van der Waals surface area contributed by atoms with Crippen LogP contribution in [0, 0.1) is 5.92 Å². The first-order valence-electron chi connectivity index (χ1n) is 8.26. The zero-order chi connectivity index (χ0) is 17.4. The van der Waals surface area contributed by atoms with E-state index < -0.39 is 12.6 Å². The molecule has 0 aromatic heterocycles. The fourth-order valence-corrected chi connectivity index (χ4v) is 3.66. The van der Waals surface area contributed by atoms with E-state index in [4.69, 9.17) is 0 Å². The lowest BCUT2D eigenvalue weighted by molar-refractivity contribution is -0.132. The minimum atomic E-state index is -4.15. The molecule has 24 heavy (non-hydrogen) atoms. The zero-order valence-electron chi connectivity index (χ0n) is 13.9. The molecule has 1 atom stereocenters. The van der Waals surface area contributed by atoms with E-state index in [0.717, 1.165) is 25.3 Å². The molecule has 2 rings (SSSR count). The number of aliphatic imine (C=N–C) groups is 1. The van der Waals surface area contributed by atoms with E-state index in [-0.39, 0.29) is 6.54 Å². The van der Waals surface area contributed by atoms with E-state index in [9.17, 15) is 13.2 Å². The van der Waals surface area contributed by atoms with Gasteiger partial charge in [-0.15, -0.1) is 11.8 Å². The van der Waals surface area contributed by atoms with Crippen molar-refractivity contribution >= 4 is 17.7 Å². The number of nitrogens with one attached hydrogen (secondary N) is 1. The van der Waals surface area contributed by atoms with Gasteiger partial charge >= 0.3 is 6.18 Å². The number of hydrogen-bond donors (Lipinski definition) is 1. The Labute approximate surface area is 145 Å². The summed E-state index contributed by atoms with van der Waals surface area (Å²) in [5, 5.41) is 3.11. The Morgan fingerprint density at radius 2 is 2.08 bits per heavy atom. The largest absolute Gasteiger partial charge is 0.390 e. The van der Waals surface area contributed by atoms with Crippen LogP contribution >= 0.6 is 11.8 Å². The Morgan fingerprint density at radius 1 is 1.33 bits per heavy atom. The summed E-state index contributed by atoms with van der Waals surface area (Å²) in [7, 11) is 0. The molecule has 1 aliphatic rings. The van der Waals surface area contributed by atoms with Crippen LogP contribution in [0.1, 0.15) is 19.8 Å². The average Bonchev–Trinajstić information content (AvgIpc) is 3.01. The Morgan fingerprint density at radius 3 is 2.75 bits per heavy atom. The maximum Gasteiger partial charge on any atom is 0.390 e. The van der Waals surface area contributed by atoms with Crippen molar-refractivity contribution in [2.45, 2.75) is 30.8 Å². The number of guanidine groups is 1. The number of nitrogens with zero attached hydrogens (tertiary/aromatic N) is 2. The van der Waals surface area contributed by atoms with Gasteiger partial charge in [0.15, 0.2) is 5.96 Å². The molecular weight excluding hydrogens is 335 g/mol. The van der Waals surface area contributed by atoms with Gasteiger partial charge in [-0.1, -0.05) is 18.2 Å². The quantitative estimate of drug-likeness (QED) is 0.472. The fraction of sp³-hybridized carbons (Fsp3) is 0.588. The maximum absolute atomic E-state index is 12.3. The molecule has 1 fully saturated rings. The average molecular weight is 359 g/mol. The zero-order valence-corrected chi connectivity index (χ0v) is 14.7. The summed E-state index contributed by atoms with van der Waals surface area (Å²) in [6.45, 7) is 4.06. The monoisotopic (exact) mass is 359 g/mol. The first-order valence-corrected chi connectivity index (χ1v) is 9.24. The van der Waals surface area contributed by atoms with Crippen molar-refractivity contribution in [3.63, 3.8) is 0 Å². The van der Waals surface area contributed by atoms with Gasteiger partial charge in [-0.3, -0.25) is 4.99 Å². The SMILES string of the molecule is CCNC(=NCCC(F)(F)F)N1CCC(CSc2ccccc2)C1. The van der Waals surface area contributed by atoms with E-state index in [1.54, 1.807) is 0 Å². The smallest absolute Gasteiger partial charge is 0.357 e. The highest BCUT2D eigenvalue weighted by molar-refractivity contribution is 7.99. The predicted octanol–water partition coefficient (Wildman–Crippen LogP) is 4.02. The van der Waals surface area contributed by atoms with Gasteiger partial charge in [-0.05, 0) is 31.4 Å². The van der Waals surface area contributed by atoms with Crippen LogP contribution in [0.25, 0.3) is 0 Å². The summed E-state index contributed by atoms with van der Waals surface area (Å²) in [4.78, 5) is 7.47. The minimum absolute atomic E-state index is 0.217. The molecule has 1 aliphatic heterocycles. The lowest BCUT2D eigenvalue weighted by atomic mass is 10.2. The van der Waals surface area contributed by atoms with Gasteiger partial charge in [-0.25, -0.2) is 0 Å². The number of likely N-dealkylation sites (tertiary alicyclic amines) is 1. The van der Waals surface area contributed by atoms with Crippen molar-refractivity contribution in [3.8, 4) is 0 Å². The molecular formula is C17H24F3N3S. The van der Waals surface area contributed by atoms with Crippen molar-refractivity contribution in [1.29, 1.82) is 0 Å². The molecule has 0 amide bonds. The molecule has 0 bridgehead atoms. The van der Waals surface area contributed by atoms with Gasteiger partial charge in [0.2, 0.25) is 0 Å². The van der Waals surface area contributed by atoms with Crippen LogP contribution in [-0.4, -0.2) is 49.0 Å². The van der Waals surface area contributed by atoms with E-state index in [1.807, 2.05) is 36.9 Å². The van der Waals surface area contributed by atoms with E-state index in [1.165, 1.54) is 4.90 Å². The van der Waals surface area contributed by atoms with Crippen LogP contribution in [0.3, 0.4) is 0 Å². The second-order valence-corrected chi connectivity index (χ2v) is 6.92. The number of alkyl halides is 3. The number of thioether (sulfide) groups is 1. The molecule has 0 aliphatic carbocycles. The van der Waals surface area contributed by atoms with Crippen LogP contribution in [0.5, 0.6) is 0 Å². The lowest BCUT2D eigenvalue weighted by Crippen LogP contribution is -2.40. The van der Waals surface area contributed by atoms with Gasteiger partial charge < -0.3 is 10.2 Å². The van der Waals surface area contributed by atoms with E-state index in [2.05, 4.69) is 27.3 Å². The van der Waals surface area contributed by atoms with Crippen LogP contribution < -0.4 is 5.32 Å². The molecule has 7 heteroatoms. The van der Waals surface area contributed by atoms with Crippen LogP contribution in [-0.2, 0) is 0 Å². The maximum atomic E-state index is 12.3. The first kappa shape index (κ1) is 19.0. The molecule has 1 aromatic carbocycles. The number of rotatable bonds is 6. The Kier molecular flexibility index (Phi) is 7.27. The van der Waals surface area contributed by atoms with E-state index in [0.29, 0.717) is 18.4 Å². The Balaban J connectivity index is 1.83. The highest BCUT2D eigenvalue weighted by Crippen LogP contribution is 2.26. The molecule has 1 N–H and O–H groups in total. The molecule has 0 spiro atoms. The van der Waals surface area contributed by atoms with Gasteiger partial charge in [0.05, 0.1) is 13.0 Å². The third-order valence-electron chi connectivity index (χ3n) is 3.81. The normalized spacial score (nSPS) is 18.9. The van der Waals surface area contributed by atoms with Crippen molar-refractivity contribution in [1.82, 2.24) is 10.2 Å². The van der Waals surface area contributed by atoms with Gasteiger partial charge in [0, 0.05) is 30.3 Å². The molecule has 1 aromatic rings. The van der Waals surface area contributed by atoms with Crippen LogP contribution in [0.2, 0.25) is 0 Å². The molecule has 1 heterocycles. The first-order chi connectivity index (χ1) is 11.5. The Bertz CT molecular complexity index is 520. The summed E-state index contributed by atoms with van der Waals surface area (Å²) in [5.41, 5.74) is 0. The van der Waals surface area contributed by atoms with Crippen LogP contribution in [0.4, 0.5) is 13.2 Å². The van der Waals surface area contributed by atoms with Gasteiger partial charge in [0.1, 0.15) is 0 Å². The lowest BCUT2D eigenvalue weighted by Gasteiger charge is -2.21.